The fraction of sp³-hybridized carbons (Fsp3) is 0.267. The van der Waals surface area contributed by atoms with Crippen molar-refractivity contribution < 1.29 is 13.2 Å². The molecule has 1 aromatic carbocycles. The summed E-state index contributed by atoms with van der Waals surface area (Å²) in [7, 11) is 0. The smallest absolute Gasteiger partial charge is 0.306 e. The Morgan fingerprint density at radius 1 is 1.10 bits per heavy atom. The zero-order valence-electron chi connectivity index (χ0n) is 11.0. The van der Waals surface area contributed by atoms with E-state index in [2.05, 4.69) is 10.3 Å². The van der Waals surface area contributed by atoms with Gasteiger partial charge in [0.25, 0.3) is 0 Å². The molecule has 0 fully saturated rings. The predicted molar refractivity (Wildman–Crippen MR) is 70.9 cm³/mol. The first-order chi connectivity index (χ1) is 9.48. The number of rotatable bonds is 4. The maximum absolute atomic E-state index is 12.9. The number of aromatic nitrogens is 1. The number of pyridine rings is 1. The van der Waals surface area contributed by atoms with E-state index in [1.807, 2.05) is 19.1 Å². The van der Waals surface area contributed by atoms with Gasteiger partial charge in [0, 0.05) is 25.0 Å². The molecule has 0 saturated carbocycles. The van der Waals surface area contributed by atoms with Crippen LogP contribution in [0.25, 0.3) is 0 Å². The largest absolute Gasteiger partial charge is 0.416 e. The molecule has 0 radical (unpaired) electrons. The summed E-state index contributed by atoms with van der Waals surface area (Å²) in [4.78, 5) is 3.92. The molecular formula is C15H15F3N2. The number of hydrogen-bond acceptors (Lipinski definition) is 2. The molecule has 0 aliphatic carbocycles. The average molecular weight is 280 g/mol. The summed E-state index contributed by atoms with van der Waals surface area (Å²) < 4.78 is 38.6. The van der Waals surface area contributed by atoms with E-state index in [9.17, 15) is 13.2 Å². The molecule has 1 heterocycles. The molecule has 0 aliphatic rings. The molecule has 1 N–H and O–H groups in total. The highest BCUT2D eigenvalue weighted by molar-refractivity contribution is 5.29. The highest BCUT2D eigenvalue weighted by Crippen LogP contribution is 2.31. The van der Waals surface area contributed by atoms with Crippen LogP contribution in [0.5, 0.6) is 0 Å². The molecule has 2 nitrogen and oxygen atoms in total. The summed E-state index contributed by atoms with van der Waals surface area (Å²) in [5.41, 5.74) is 0.653. The zero-order valence-corrected chi connectivity index (χ0v) is 11.0. The van der Waals surface area contributed by atoms with Crippen LogP contribution in [0.15, 0.2) is 48.8 Å². The number of hydrogen-bond donors (Lipinski definition) is 1. The van der Waals surface area contributed by atoms with Gasteiger partial charge in [-0.2, -0.15) is 13.2 Å². The lowest BCUT2D eigenvalue weighted by Gasteiger charge is -2.17. The van der Waals surface area contributed by atoms with E-state index in [0.29, 0.717) is 0 Å². The molecule has 1 atom stereocenters. The number of nitrogens with zero attached hydrogens (tertiary/aromatic N) is 1. The Kier molecular flexibility index (Phi) is 4.39. The normalized spacial score (nSPS) is 13.2. The molecule has 0 bridgehead atoms. The van der Waals surface area contributed by atoms with Gasteiger partial charge in [-0.15, -0.1) is 0 Å². The lowest BCUT2D eigenvalue weighted by Crippen LogP contribution is -2.20. The summed E-state index contributed by atoms with van der Waals surface area (Å²) in [6.45, 7) is 2.07. The Labute approximate surface area is 115 Å². The minimum atomic E-state index is -4.32. The van der Waals surface area contributed by atoms with Crippen LogP contribution in [0.1, 0.15) is 29.7 Å². The van der Waals surface area contributed by atoms with Crippen molar-refractivity contribution in [1.82, 2.24) is 10.3 Å². The van der Waals surface area contributed by atoms with E-state index in [1.54, 1.807) is 18.5 Å². The van der Waals surface area contributed by atoms with Crippen molar-refractivity contribution >= 4 is 0 Å². The van der Waals surface area contributed by atoms with Gasteiger partial charge in [-0.05, 0) is 36.2 Å². The first-order valence-corrected chi connectivity index (χ1v) is 6.27. The van der Waals surface area contributed by atoms with Gasteiger partial charge in [0.15, 0.2) is 0 Å². The quantitative estimate of drug-likeness (QED) is 0.917. The van der Waals surface area contributed by atoms with Gasteiger partial charge >= 0.3 is 6.18 Å². The SMILES string of the molecule is C[C@H](NCc1ccccc1C(F)(F)F)c1ccncc1. The molecule has 0 spiro atoms. The van der Waals surface area contributed by atoms with Crippen molar-refractivity contribution in [3.05, 3.63) is 65.5 Å². The van der Waals surface area contributed by atoms with Crippen molar-refractivity contribution in [3.63, 3.8) is 0 Å². The van der Waals surface area contributed by atoms with Gasteiger partial charge in [-0.25, -0.2) is 0 Å². The van der Waals surface area contributed by atoms with Crippen LogP contribution in [0.3, 0.4) is 0 Å². The van der Waals surface area contributed by atoms with Crippen molar-refractivity contribution in [2.75, 3.05) is 0 Å². The first kappa shape index (κ1) is 14.5. The Bertz CT molecular complexity index is 553. The number of nitrogens with one attached hydrogen (secondary N) is 1. The Balaban J connectivity index is 2.08. The van der Waals surface area contributed by atoms with Gasteiger partial charge < -0.3 is 5.32 Å². The predicted octanol–water partition coefficient (Wildman–Crippen LogP) is 3.95. The third kappa shape index (κ3) is 3.57. The monoisotopic (exact) mass is 280 g/mol. The molecule has 0 aliphatic heterocycles. The molecule has 20 heavy (non-hydrogen) atoms. The highest BCUT2D eigenvalue weighted by atomic mass is 19.4. The highest BCUT2D eigenvalue weighted by Gasteiger charge is 2.32. The molecule has 5 heteroatoms. The van der Waals surface area contributed by atoms with Crippen molar-refractivity contribution in [2.45, 2.75) is 25.7 Å². The lowest BCUT2D eigenvalue weighted by atomic mass is 10.1. The van der Waals surface area contributed by atoms with Crippen LogP contribution in [-0.2, 0) is 12.7 Å². The van der Waals surface area contributed by atoms with Gasteiger partial charge in [0.2, 0.25) is 0 Å². The second kappa shape index (κ2) is 6.05. The topological polar surface area (TPSA) is 24.9 Å². The molecule has 106 valence electrons. The van der Waals surface area contributed by atoms with Gasteiger partial charge in [0.05, 0.1) is 5.56 Å². The summed E-state index contributed by atoms with van der Waals surface area (Å²) >= 11 is 0. The molecule has 0 unspecified atom stereocenters. The van der Waals surface area contributed by atoms with Crippen LogP contribution in [0.4, 0.5) is 13.2 Å². The fourth-order valence-electron chi connectivity index (χ4n) is 1.98. The standard InChI is InChI=1S/C15H15F3N2/c1-11(12-6-8-19-9-7-12)20-10-13-4-2-3-5-14(13)15(16,17)18/h2-9,11,20H,10H2,1H3/t11-/m0/s1. The summed E-state index contributed by atoms with van der Waals surface area (Å²) in [5, 5.41) is 3.10. The van der Waals surface area contributed by atoms with Gasteiger partial charge in [-0.1, -0.05) is 18.2 Å². The van der Waals surface area contributed by atoms with E-state index < -0.39 is 11.7 Å². The second-order valence-electron chi connectivity index (χ2n) is 4.54. The van der Waals surface area contributed by atoms with Crippen molar-refractivity contribution in [2.24, 2.45) is 0 Å². The fourth-order valence-corrected chi connectivity index (χ4v) is 1.98. The van der Waals surface area contributed by atoms with E-state index >= 15 is 0 Å². The molecule has 2 rings (SSSR count). The molecule has 0 saturated heterocycles. The maximum atomic E-state index is 12.9. The van der Waals surface area contributed by atoms with Crippen LogP contribution < -0.4 is 5.32 Å². The third-order valence-electron chi connectivity index (χ3n) is 3.13. The van der Waals surface area contributed by atoms with E-state index in [-0.39, 0.29) is 18.2 Å². The summed E-state index contributed by atoms with van der Waals surface area (Å²) in [6, 6.07) is 9.26. The lowest BCUT2D eigenvalue weighted by molar-refractivity contribution is -0.138. The molecule has 2 aromatic rings. The van der Waals surface area contributed by atoms with E-state index in [1.165, 1.54) is 12.1 Å². The Morgan fingerprint density at radius 3 is 2.40 bits per heavy atom. The third-order valence-corrected chi connectivity index (χ3v) is 3.13. The maximum Gasteiger partial charge on any atom is 0.416 e. The van der Waals surface area contributed by atoms with E-state index in [0.717, 1.165) is 11.6 Å². The Hall–Kier alpha value is -1.88. The minimum Gasteiger partial charge on any atom is -0.306 e. The molecule has 0 amide bonds. The van der Waals surface area contributed by atoms with Crippen LogP contribution in [0, 0.1) is 0 Å². The molecule has 1 aromatic heterocycles. The number of alkyl halides is 3. The Morgan fingerprint density at radius 2 is 1.75 bits per heavy atom. The van der Waals surface area contributed by atoms with Crippen LogP contribution in [0.2, 0.25) is 0 Å². The zero-order chi connectivity index (χ0) is 14.6. The van der Waals surface area contributed by atoms with Gasteiger partial charge in [-0.3, -0.25) is 4.98 Å². The van der Waals surface area contributed by atoms with Crippen molar-refractivity contribution in [1.29, 1.82) is 0 Å². The molecular weight excluding hydrogens is 265 g/mol. The minimum absolute atomic E-state index is 0.0423. The van der Waals surface area contributed by atoms with Crippen LogP contribution in [-0.4, -0.2) is 4.98 Å². The average Bonchev–Trinajstić information content (AvgIpc) is 2.45. The number of halogens is 3. The number of benzene rings is 1. The van der Waals surface area contributed by atoms with Gasteiger partial charge in [0.1, 0.15) is 0 Å². The summed E-state index contributed by atoms with van der Waals surface area (Å²) in [6.07, 6.45) is -0.994. The summed E-state index contributed by atoms with van der Waals surface area (Å²) in [5.74, 6) is 0. The van der Waals surface area contributed by atoms with Crippen LogP contribution >= 0.6 is 0 Å². The van der Waals surface area contributed by atoms with E-state index in [4.69, 9.17) is 0 Å². The van der Waals surface area contributed by atoms with Crippen molar-refractivity contribution in [3.8, 4) is 0 Å². The first-order valence-electron chi connectivity index (χ1n) is 6.27. The second-order valence-corrected chi connectivity index (χ2v) is 4.54.